The Bertz CT molecular complexity index is 1490. The predicted octanol–water partition coefficient (Wildman–Crippen LogP) is 7.17. The van der Waals surface area contributed by atoms with Gasteiger partial charge in [-0.05, 0) is 65.9 Å². The molecule has 0 atom stereocenters. The van der Waals surface area contributed by atoms with E-state index in [4.69, 9.17) is 23.2 Å². The summed E-state index contributed by atoms with van der Waals surface area (Å²) < 4.78 is 0. The molecule has 4 aromatic carbocycles. The maximum Gasteiger partial charge on any atom is 0.323 e. The molecule has 0 bridgehead atoms. The number of halogens is 2. The van der Waals surface area contributed by atoms with Crippen molar-refractivity contribution in [2.75, 3.05) is 28.6 Å². The Kier molecular flexibility index (Phi) is 8.35. The molecule has 8 heteroatoms. The van der Waals surface area contributed by atoms with Crippen LogP contribution >= 0.6 is 23.2 Å². The molecule has 39 heavy (non-hydrogen) atoms. The number of nitrogens with zero attached hydrogens (tertiary/aromatic N) is 1. The highest BCUT2D eigenvalue weighted by Crippen LogP contribution is 2.30. The van der Waals surface area contributed by atoms with E-state index in [1.165, 1.54) is 11.1 Å². The van der Waals surface area contributed by atoms with Crippen LogP contribution in [0.4, 0.5) is 21.9 Å². The lowest BCUT2D eigenvalue weighted by Crippen LogP contribution is -2.33. The van der Waals surface area contributed by atoms with Crippen LogP contribution in [0.3, 0.4) is 0 Å². The first-order valence-corrected chi connectivity index (χ1v) is 13.5. The average molecular weight is 559 g/mol. The first-order valence-electron chi connectivity index (χ1n) is 12.8. The fraction of sp³-hybridized carbons (Fsp3) is 0.161. The van der Waals surface area contributed by atoms with Crippen molar-refractivity contribution in [2.45, 2.75) is 19.4 Å². The number of rotatable bonds is 7. The normalized spacial score (nSPS) is 12.4. The van der Waals surface area contributed by atoms with Gasteiger partial charge in [0.2, 0.25) is 0 Å². The van der Waals surface area contributed by atoms with E-state index in [2.05, 4.69) is 39.0 Å². The molecule has 0 aliphatic carbocycles. The van der Waals surface area contributed by atoms with Gasteiger partial charge in [-0.3, -0.25) is 4.79 Å². The van der Waals surface area contributed by atoms with E-state index in [1.807, 2.05) is 42.5 Å². The van der Waals surface area contributed by atoms with Crippen LogP contribution < -0.4 is 20.9 Å². The van der Waals surface area contributed by atoms with Crippen LogP contribution in [-0.2, 0) is 19.4 Å². The smallest absolute Gasteiger partial charge is 0.323 e. The van der Waals surface area contributed by atoms with Crippen molar-refractivity contribution in [2.24, 2.45) is 0 Å². The highest BCUT2D eigenvalue weighted by Gasteiger charge is 2.22. The molecule has 0 aromatic heterocycles. The minimum atomic E-state index is -0.477. The summed E-state index contributed by atoms with van der Waals surface area (Å²) in [5.74, 6) is -0.190. The van der Waals surface area contributed by atoms with E-state index in [0.717, 1.165) is 30.6 Å². The number of carbonyl (C=O) groups excluding carboxylic acids is 2. The third-order valence-corrected chi connectivity index (χ3v) is 7.24. The van der Waals surface area contributed by atoms with E-state index in [9.17, 15) is 9.59 Å². The number of urea groups is 1. The standard InChI is InChI=1S/C31H28Cl2N4O2/c32-24-10-12-28(27(33)18-24)36-31(39)35-25-11-13-29(37-17-15-22-8-4-5-9-23(22)20-37)26(19-25)30(38)34-16-14-21-6-2-1-3-7-21/h1-13,18-19H,14-17,20H2,(H,34,38)(H2,35,36,39). The summed E-state index contributed by atoms with van der Waals surface area (Å²) in [5, 5.41) is 9.40. The molecule has 0 saturated heterocycles. The van der Waals surface area contributed by atoms with Gasteiger partial charge in [-0.2, -0.15) is 0 Å². The zero-order chi connectivity index (χ0) is 27.2. The van der Waals surface area contributed by atoms with Gasteiger partial charge in [0.15, 0.2) is 0 Å². The average Bonchev–Trinajstić information content (AvgIpc) is 2.95. The van der Waals surface area contributed by atoms with E-state index in [1.54, 1.807) is 30.3 Å². The van der Waals surface area contributed by atoms with Crippen molar-refractivity contribution in [3.63, 3.8) is 0 Å². The quantitative estimate of drug-likeness (QED) is 0.225. The zero-order valence-corrected chi connectivity index (χ0v) is 22.7. The van der Waals surface area contributed by atoms with Crippen LogP contribution in [0.2, 0.25) is 10.0 Å². The molecule has 3 N–H and O–H groups in total. The number of hydrogen-bond donors (Lipinski definition) is 3. The Balaban J connectivity index is 1.35. The molecular formula is C31H28Cl2N4O2. The van der Waals surface area contributed by atoms with Gasteiger partial charge in [-0.25, -0.2) is 4.79 Å². The SMILES string of the molecule is O=C(Nc1ccc(N2CCc3ccccc3C2)c(C(=O)NCCc2ccccc2)c1)Nc1ccc(Cl)cc1Cl. The lowest BCUT2D eigenvalue weighted by Gasteiger charge is -2.32. The van der Waals surface area contributed by atoms with Crippen molar-refractivity contribution < 1.29 is 9.59 Å². The largest absolute Gasteiger partial charge is 0.366 e. The molecule has 0 saturated carbocycles. The molecule has 4 aromatic rings. The van der Waals surface area contributed by atoms with Gasteiger partial charge < -0.3 is 20.9 Å². The van der Waals surface area contributed by atoms with Crippen LogP contribution in [0.25, 0.3) is 0 Å². The lowest BCUT2D eigenvalue weighted by atomic mass is 9.98. The first-order chi connectivity index (χ1) is 19.0. The third-order valence-electron chi connectivity index (χ3n) is 6.69. The number of benzene rings is 4. The van der Waals surface area contributed by atoms with Gasteiger partial charge in [0.05, 0.1) is 16.3 Å². The number of amides is 3. The van der Waals surface area contributed by atoms with Gasteiger partial charge in [-0.15, -0.1) is 0 Å². The van der Waals surface area contributed by atoms with E-state index in [-0.39, 0.29) is 5.91 Å². The second kappa shape index (κ2) is 12.2. The number of carbonyl (C=O) groups is 2. The molecule has 3 amide bonds. The van der Waals surface area contributed by atoms with Crippen LogP contribution in [0.15, 0.2) is 91.0 Å². The Labute approximate surface area is 237 Å². The summed E-state index contributed by atoms with van der Waals surface area (Å²) in [6.07, 6.45) is 1.62. The first kappa shape index (κ1) is 26.6. The minimum Gasteiger partial charge on any atom is -0.366 e. The van der Waals surface area contributed by atoms with E-state index < -0.39 is 6.03 Å². The summed E-state index contributed by atoms with van der Waals surface area (Å²) in [4.78, 5) is 28.4. The molecule has 198 valence electrons. The lowest BCUT2D eigenvalue weighted by molar-refractivity contribution is 0.0954. The molecule has 0 radical (unpaired) electrons. The molecule has 0 fully saturated rings. The van der Waals surface area contributed by atoms with Crippen LogP contribution in [0.5, 0.6) is 0 Å². The third kappa shape index (κ3) is 6.72. The van der Waals surface area contributed by atoms with Crippen molar-refractivity contribution in [1.29, 1.82) is 0 Å². The molecule has 1 heterocycles. The second-order valence-electron chi connectivity index (χ2n) is 9.37. The summed E-state index contributed by atoms with van der Waals surface area (Å²) in [7, 11) is 0. The molecule has 0 unspecified atom stereocenters. The molecule has 1 aliphatic rings. The number of anilines is 3. The summed E-state index contributed by atoms with van der Waals surface area (Å²) in [6, 6.07) is 28.2. The maximum atomic E-state index is 13.5. The highest BCUT2D eigenvalue weighted by molar-refractivity contribution is 6.36. The minimum absolute atomic E-state index is 0.190. The van der Waals surface area contributed by atoms with E-state index >= 15 is 0 Å². The maximum absolute atomic E-state index is 13.5. The van der Waals surface area contributed by atoms with Crippen LogP contribution in [-0.4, -0.2) is 25.0 Å². The fourth-order valence-electron chi connectivity index (χ4n) is 4.71. The van der Waals surface area contributed by atoms with Crippen LogP contribution in [0.1, 0.15) is 27.0 Å². The van der Waals surface area contributed by atoms with Crippen molar-refractivity contribution in [3.8, 4) is 0 Å². The van der Waals surface area contributed by atoms with Gasteiger partial charge in [0, 0.05) is 36.0 Å². The highest BCUT2D eigenvalue weighted by atomic mass is 35.5. The van der Waals surface area contributed by atoms with Crippen molar-refractivity contribution in [3.05, 3.63) is 123 Å². The summed E-state index contributed by atoms with van der Waals surface area (Å²) in [6.45, 7) is 2.00. The summed E-state index contributed by atoms with van der Waals surface area (Å²) >= 11 is 12.1. The van der Waals surface area contributed by atoms with Crippen LogP contribution in [0, 0.1) is 0 Å². The van der Waals surface area contributed by atoms with Crippen molar-refractivity contribution in [1.82, 2.24) is 5.32 Å². The fourth-order valence-corrected chi connectivity index (χ4v) is 5.16. The van der Waals surface area contributed by atoms with Gasteiger partial charge in [-0.1, -0.05) is 77.8 Å². The summed E-state index contributed by atoms with van der Waals surface area (Å²) in [5.41, 5.74) is 5.99. The number of hydrogen-bond acceptors (Lipinski definition) is 3. The van der Waals surface area contributed by atoms with Gasteiger partial charge >= 0.3 is 6.03 Å². The van der Waals surface area contributed by atoms with Gasteiger partial charge in [0.1, 0.15) is 0 Å². The number of nitrogens with one attached hydrogen (secondary N) is 3. The number of fused-ring (bicyclic) bond motifs is 1. The topological polar surface area (TPSA) is 73.5 Å². The zero-order valence-electron chi connectivity index (χ0n) is 21.2. The monoisotopic (exact) mass is 558 g/mol. The Morgan fingerprint density at radius 3 is 2.38 bits per heavy atom. The Morgan fingerprint density at radius 2 is 1.59 bits per heavy atom. The van der Waals surface area contributed by atoms with Crippen molar-refractivity contribution >= 4 is 52.2 Å². The molecule has 5 rings (SSSR count). The molecule has 1 aliphatic heterocycles. The second-order valence-corrected chi connectivity index (χ2v) is 10.2. The Morgan fingerprint density at radius 1 is 0.821 bits per heavy atom. The molecule has 0 spiro atoms. The molecular weight excluding hydrogens is 531 g/mol. The van der Waals surface area contributed by atoms with Gasteiger partial charge in [0.25, 0.3) is 5.91 Å². The predicted molar refractivity (Wildman–Crippen MR) is 159 cm³/mol. The molecule has 6 nitrogen and oxygen atoms in total. The van der Waals surface area contributed by atoms with E-state index in [0.29, 0.717) is 40.1 Å². The Hall–Kier alpha value is -4.00.